The number of carbonyl (C=O) groups excluding carboxylic acids is 7. The van der Waals surface area contributed by atoms with Crippen LogP contribution in [0.2, 0.25) is 0 Å². The Labute approximate surface area is 505 Å². The van der Waals surface area contributed by atoms with Gasteiger partial charge < -0.3 is 44.1 Å². The van der Waals surface area contributed by atoms with Crippen LogP contribution >= 0.6 is 23.1 Å². The summed E-state index contributed by atoms with van der Waals surface area (Å²) in [6.45, 7) is 9.84. The van der Waals surface area contributed by atoms with Gasteiger partial charge in [-0.05, 0) is 86.7 Å². The normalized spacial score (nSPS) is 16.9. The molecule has 7 aromatic rings. The molecule has 2 unspecified atom stereocenters. The van der Waals surface area contributed by atoms with Gasteiger partial charge in [0.15, 0.2) is 28.4 Å². The van der Waals surface area contributed by atoms with Crippen LogP contribution in [0.3, 0.4) is 0 Å². The van der Waals surface area contributed by atoms with Gasteiger partial charge in [-0.25, -0.2) is 14.6 Å². The zero-order chi connectivity index (χ0) is 61.2. The number of ether oxygens (including phenoxy) is 5. The highest BCUT2D eigenvalue weighted by atomic mass is 32.2. The molecule has 3 atom stereocenters. The van der Waals surface area contributed by atoms with E-state index in [9.17, 15) is 28.8 Å². The van der Waals surface area contributed by atoms with Crippen LogP contribution in [-0.4, -0.2) is 98.8 Å². The molecule has 0 spiro atoms. The number of nitrogens with one attached hydrogen (secondary N) is 2. The molecule has 18 nitrogen and oxygen atoms in total. The predicted molar refractivity (Wildman–Crippen MR) is 324 cm³/mol. The van der Waals surface area contributed by atoms with Gasteiger partial charge in [0.05, 0.1) is 5.56 Å². The van der Waals surface area contributed by atoms with Gasteiger partial charge in [-0.2, -0.15) is 0 Å². The van der Waals surface area contributed by atoms with Gasteiger partial charge in [-0.1, -0.05) is 163 Å². The number of anilines is 1. The molecule has 3 heterocycles. The summed E-state index contributed by atoms with van der Waals surface area (Å²) >= 11 is 2.44. The van der Waals surface area contributed by atoms with E-state index in [1.807, 2.05) is 152 Å². The topological polar surface area (TPSA) is 227 Å². The van der Waals surface area contributed by atoms with Gasteiger partial charge in [-0.3, -0.25) is 24.0 Å². The molecule has 2 fully saturated rings. The Kier molecular flexibility index (Phi) is 18.7. The molecule has 0 radical (unpaired) electrons. The summed E-state index contributed by atoms with van der Waals surface area (Å²) in [6.07, 6.45) is 2.17. The minimum Gasteiger partial charge on any atom is -0.458 e. The molecule has 0 saturated carbocycles. The maximum absolute atomic E-state index is 15.0. The van der Waals surface area contributed by atoms with Crippen molar-refractivity contribution < 1.29 is 62.1 Å². The number of hydrogen-bond acceptors (Lipinski definition) is 18. The molecule has 442 valence electrons. The van der Waals surface area contributed by atoms with Crippen LogP contribution in [0.4, 0.5) is 5.13 Å². The lowest BCUT2D eigenvalue weighted by atomic mass is 9.77. The number of aromatic nitrogens is 1. The second-order valence-corrected chi connectivity index (χ2v) is 23.7. The van der Waals surface area contributed by atoms with Gasteiger partial charge in [-0.15, -0.1) is 23.1 Å². The van der Waals surface area contributed by atoms with Crippen LogP contribution in [0.15, 0.2) is 193 Å². The van der Waals surface area contributed by atoms with Crippen molar-refractivity contribution in [2.75, 3.05) is 24.2 Å². The largest absolute Gasteiger partial charge is 0.458 e. The summed E-state index contributed by atoms with van der Waals surface area (Å²) in [5.74, 6) is -5.23. The first kappa shape index (κ1) is 61.2. The third-order valence-electron chi connectivity index (χ3n) is 13.8. The molecular formula is C66H63N5O13S2. The molecule has 0 aliphatic carbocycles. The predicted octanol–water partition coefficient (Wildman–Crippen LogP) is 10.4. The van der Waals surface area contributed by atoms with Crippen molar-refractivity contribution >= 4 is 75.6 Å². The smallest absolute Gasteiger partial charge is 0.353 e. The fraction of sp³-hybridized carbons (Fsp3) is 0.258. The molecule has 2 aliphatic rings. The van der Waals surface area contributed by atoms with Crippen LogP contribution in [0.5, 0.6) is 11.5 Å². The maximum atomic E-state index is 15.0. The van der Waals surface area contributed by atoms with Gasteiger partial charge >= 0.3 is 29.8 Å². The fourth-order valence-electron chi connectivity index (χ4n) is 9.68. The van der Waals surface area contributed by atoms with E-state index in [2.05, 4.69) is 15.8 Å². The summed E-state index contributed by atoms with van der Waals surface area (Å²) in [6, 6.07) is 50.8. The molecule has 2 N–H and O–H groups in total. The molecule has 2 saturated heterocycles. The van der Waals surface area contributed by atoms with Gasteiger partial charge in [0.1, 0.15) is 40.3 Å². The van der Waals surface area contributed by atoms with Crippen molar-refractivity contribution in [1.29, 1.82) is 0 Å². The van der Waals surface area contributed by atoms with Gasteiger partial charge in [0.25, 0.3) is 5.91 Å². The molecule has 9 rings (SSSR count). The zero-order valence-electron chi connectivity index (χ0n) is 48.2. The molecule has 6 aromatic carbocycles. The third-order valence-corrected chi connectivity index (χ3v) is 16.1. The number of benzene rings is 6. The molecule has 2 amide bonds. The maximum Gasteiger partial charge on any atom is 0.353 e. The fourth-order valence-corrected chi connectivity index (χ4v) is 11.9. The summed E-state index contributed by atoms with van der Waals surface area (Å²) in [4.78, 5) is 107. The number of fused-ring (bicyclic) bond motifs is 1. The second kappa shape index (κ2) is 26.3. The highest BCUT2D eigenvalue weighted by molar-refractivity contribution is 8.00. The zero-order valence-corrected chi connectivity index (χ0v) is 49.8. The molecule has 86 heavy (non-hydrogen) atoms. The number of esters is 5. The van der Waals surface area contributed by atoms with Gasteiger partial charge in [0, 0.05) is 31.5 Å². The molecule has 20 heteroatoms. The molecule has 2 aliphatic heterocycles. The average Bonchev–Trinajstić information content (AvgIpc) is 1.58. The Bertz CT molecular complexity index is 3530. The number of rotatable bonds is 21. The Hall–Kier alpha value is -9.40. The van der Waals surface area contributed by atoms with Gasteiger partial charge in [0.2, 0.25) is 11.5 Å². The minimum absolute atomic E-state index is 0.0295. The Morgan fingerprint density at radius 1 is 0.733 bits per heavy atom. The number of thioether (sulfide) groups is 1. The second-order valence-electron chi connectivity index (χ2n) is 21.8. The molecule has 0 bridgehead atoms. The van der Waals surface area contributed by atoms with E-state index in [0.717, 1.165) is 23.6 Å². The number of carbonyl (C=O) groups is 7. The minimum atomic E-state index is -1.70. The van der Waals surface area contributed by atoms with Crippen molar-refractivity contribution in [1.82, 2.24) is 15.2 Å². The highest BCUT2D eigenvalue weighted by Crippen LogP contribution is 2.45. The number of β-lactam (4-membered cyclic amide) rings is 1. The number of hydrogen-bond donors (Lipinski definition) is 2. The van der Waals surface area contributed by atoms with E-state index < -0.39 is 81.3 Å². The monoisotopic (exact) mass is 1200 g/mol. The van der Waals surface area contributed by atoms with E-state index in [0.29, 0.717) is 16.3 Å². The number of thiazole rings is 1. The van der Waals surface area contributed by atoms with E-state index in [-0.39, 0.29) is 47.4 Å². The van der Waals surface area contributed by atoms with E-state index in [1.165, 1.54) is 73.0 Å². The Morgan fingerprint density at radius 2 is 1.27 bits per heavy atom. The van der Waals surface area contributed by atoms with Crippen LogP contribution in [0.25, 0.3) is 0 Å². The third kappa shape index (κ3) is 14.0. The summed E-state index contributed by atoms with van der Waals surface area (Å²) in [5, 5.41) is 12.2. The quantitative estimate of drug-likeness (QED) is 0.00997. The van der Waals surface area contributed by atoms with E-state index in [4.69, 9.17) is 33.5 Å². The SMILES string of the molecule is CC(=O)Oc1ccc(C(=O)OCC=CC2(C(=O)OC(c3ccccc3)c3ccccc3)CS[C@@H]3C(NC(=O)C(=NOC(C)(C)C(=O)OC(C)(C)C)c4csc(NC(c5ccccc5)(c5ccccc5)c5ccccc5)n4)C(=O)N3C2)cc1OC(C)=O. The summed E-state index contributed by atoms with van der Waals surface area (Å²) in [7, 11) is 0. The summed E-state index contributed by atoms with van der Waals surface area (Å²) in [5.41, 5.74) is -1.28. The van der Waals surface area contributed by atoms with Crippen LogP contribution in [0.1, 0.15) is 98.4 Å². The standard InChI is InChI=1S/C66H63N5O13S2/c1-42(72)80-51-35-34-46(38-52(51)81-43(2)73)59(76)79-37-23-36-65(61(78)82-55(44-24-13-8-14-25-44)45-26-15-9-16-27-45)40-71-57(75)54(58(71)86-41-65)68-56(74)53(70-84-64(6,7)60(77)83-63(3,4)5)50-39-85-62(67-50)69-66(47-28-17-10-18-29-47,48-30-19-11-20-31-48)49-32-21-12-22-33-49/h8-36,38-39,54-55,58H,37,40-41H2,1-7H3,(H,67,69)(H,68,74)/t54?,58-,65?/m1/s1. The highest BCUT2D eigenvalue weighted by Gasteiger charge is 2.58. The van der Waals surface area contributed by atoms with Crippen molar-refractivity contribution in [2.24, 2.45) is 10.6 Å². The first-order valence-electron chi connectivity index (χ1n) is 27.5. The average molecular weight is 1200 g/mol. The van der Waals surface area contributed by atoms with Crippen LogP contribution in [-0.2, 0) is 53.4 Å². The van der Waals surface area contributed by atoms with Crippen LogP contribution in [0, 0.1) is 5.41 Å². The summed E-state index contributed by atoms with van der Waals surface area (Å²) < 4.78 is 28.0. The van der Waals surface area contributed by atoms with Crippen molar-refractivity contribution in [3.63, 3.8) is 0 Å². The Morgan fingerprint density at radius 3 is 1.80 bits per heavy atom. The van der Waals surface area contributed by atoms with E-state index in [1.54, 1.807) is 32.2 Å². The lowest BCUT2D eigenvalue weighted by Crippen LogP contribution is -2.74. The van der Waals surface area contributed by atoms with Crippen molar-refractivity contribution in [2.45, 2.75) is 82.7 Å². The first-order valence-corrected chi connectivity index (χ1v) is 29.4. The van der Waals surface area contributed by atoms with Crippen molar-refractivity contribution in [3.05, 3.63) is 226 Å². The number of oxime groups is 1. The number of amides is 2. The van der Waals surface area contributed by atoms with Crippen molar-refractivity contribution in [3.8, 4) is 11.5 Å². The lowest BCUT2D eigenvalue weighted by molar-refractivity contribution is -0.179. The van der Waals surface area contributed by atoms with E-state index >= 15 is 4.79 Å². The molecule has 1 aromatic heterocycles. The first-order chi connectivity index (χ1) is 41.2. The Balaban J connectivity index is 0.998. The lowest BCUT2D eigenvalue weighted by Gasteiger charge is -2.53. The molecular weight excluding hydrogens is 1130 g/mol. The number of nitrogens with zero attached hydrogens (tertiary/aromatic N) is 3. The van der Waals surface area contributed by atoms with Crippen LogP contribution < -0.4 is 20.1 Å².